The van der Waals surface area contributed by atoms with E-state index in [1.165, 1.54) is 257 Å². The van der Waals surface area contributed by atoms with Crippen molar-refractivity contribution in [3.8, 4) is 0 Å². The second-order valence-corrected chi connectivity index (χ2v) is 24.9. The summed E-state index contributed by atoms with van der Waals surface area (Å²) < 4.78 is 23.3. The average molecular weight is 1050 g/mol. The number of nitrogens with zero attached hydrogens (tertiary/aromatic N) is 1. The van der Waals surface area contributed by atoms with Crippen molar-refractivity contribution in [2.45, 2.75) is 341 Å². The molecule has 0 fully saturated rings. The van der Waals surface area contributed by atoms with Gasteiger partial charge in [-0.3, -0.25) is 9.36 Å². The van der Waals surface area contributed by atoms with E-state index in [9.17, 15) is 19.4 Å². The van der Waals surface area contributed by atoms with Crippen LogP contribution in [0.2, 0.25) is 0 Å². The molecule has 434 valence electrons. The van der Waals surface area contributed by atoms with Crippen molar-refractivity contribution in [2.24, 2.45) is 0 Å². The fourth-order valence-electron chi connectivity index (χ4n) is 9.90. The van der Waals surface area contributed by atoms with Crippen LogP contribution < -0.4 is 10.2 Å². The van der Waals surface area contributed by atoms with Crippen molar-refractivity contribution >= 4 is 13.7 Å². The lowest BCUT2D eigenvalue weighted by atomic mass is 10.0. The molecule has 0 aromatic heterocycles. The van der Waals surface area contributed by atoms with Crippen LogP contribution in [0.25, 0.3) is 0 Å². The topological polar surface area (TPSA) is 108 Å². The van der Waals surface area contributed by atoms with Crippen LogP contribution >= 0.6 is 7.82 Å². The van der Waals surface area contributed by atoms with E-state index in [1.54, 1.807) is 0 Å². The molecule has 0 aliphatic heterocycles. The Bertz CT molecular complexity index is 1240. The highest BCUT2D eigenvalue weighted by Crippen LogP contribution is 2.38. The summed E-state index contributed by atoms with van der Waals surface area (Å²) in [6.45, 7) is 4.72. The van der Waals surface area contributed by atoms with E-state index in [-0.39, 0.29) is 19.1 Å². The van der Waals surface area contributed by atoms with Gasteiger partial charge in [0.25, 0.3) is 7.82 Å². The van der Waals surface area contributed by atoms with E-state index in [4.69, 9.17) is 9.05 Å². The lowest BCUT2D eigenvalue weighted by molar-refractivity contribution is -0.870. The number of aliphatic hydroxyl groups excluding tert-OH is 1. The van der Waals surface area contributed by atoms with Crippen LogP contribution in [-0.4, -0.2) is 68.5 Å². The highest BCUT2D eigenvalue weighted by Gasteiger charge is 2.24. The molecule has 0 radical (unpaired) electrons. The minimum absolute atomic E-state index is 0.0150. The molecule has 0 aliphatic carbocycles. The molecule has 0 heterocycles. The van der Waals surface area contributed by atoms with Crippen molar-refractivity contribution < 1.29 is 32.9 Å². The Morgan fingerprint density at radius 2 is 0.795 bits per heavy atom. The van der Waals surface area contributed by atoms with Gasteiger partial charge in [0, 0.05) is 6.42 Å². The minimum atomic E-state index is -4.56. The van der Waals surface area contributed by atoms with Gasteiger partial charge in [-0.05, 0) is 44.9 Å². The van der Waals surface area contributed by atoms with Crippen molar-refractivity contribution in [3.05, 3.63) is 24.3 Å². The standard InChI is InChI=1S/C64H127N2O6P/c1-6-8-10-12-14-16-18-19-20-21-22-23-24-25-26-27-28-29-30-31-32-33-34-35-36-37-38-39-40-41-42-43-44-45-46-47-48-50-52-54-56-58-64(68)65-62(61-72-73(69,70)71-60-59-66(3,4)5)63(67)57-55-53-51-49-17-15-13-11-9-7-2/h18-19,21-22,62-63,67H,6-17,20,23-61H2,1-5H3,(H-,65,68,69,70)/b19-18-,22-21-. The first kappa shape index (κ1) is 72.0. The van der Waals surface area contributed by atoms with Crippen LogP contribution in [0.15, 0.2) is 24.3 Å². The largest absolute Gasteiger partial charge is 0.756 e. The van der Waals surface area contributed by atoms with Crippen LogP contribution in [0.3, 0.4) is 0 Å². The number of allylic oxidation sites excluding steroid dienone is 4. The molecule has 0 rings (SSSR count). The number of aliphatic hydroxyl groups is 1. The van der Waals surface area contributed by atoms with Gasteiger partial charge < -0.3 is 28.8 Å². The summed E-state index contributed by atoms with van der Waals surface area (Å²) in [6.07, 6.45) is 71.3. The third-order valence-corrected chi connectivity index (χ3v) is 15.9. The van der Waals surface area contributed by atoms with Gasteiger partial charge in [-0.1, -0.05) is 301 Å². The van der Waals surface area contributed by atoms with Crippen LogP contribution in [0.5, 0.6) is 0 Å². The molecule has 0 aromatic carbocycles. The summed E-state index contributed by atoms with van der Waals surface area (Å²) in [7, 11) is 1.32. The zero-order chi connectivity index (χ0) is 53.5. The lowest BCUT2D eigenvalue weighted by Crippen LogP contribution is -2.46. The first-order chi connectivity index (χ1) is 35.5. The molecule has 1 amide bonds. The zero-order valence-corrected chi connectivity index (χ0v) is 50.5. The number of rotatable bonds is 60. The molecule has 9 heteroatoms. The van der Waals surface area contributed by atoms with Gasteiger partial charge in [0.2, 0.25) is 5.91 Å². The molecule has 0 saturated carbocycles. The van der Waals surface area contributed by atoms with E-state index in [1.807, 2.05) is 21.1 Å². The fourth-order valence-corrected chi connectivity index (χ4v) is 10.6. The quantitative estimate of drug-likeness (QED) is 0.0272. The molecule has 2 N–H and O–H groups in total. The second-order valence-electron chi connectivity index (χ2n) is 23.5. The SMILES string of the molecule is CCCCCCC/C=C\C/C=C\CCCCCCCCCCCCCCCCCCCCCCCCCCCCCCCC(=O)NC(COP(=O)([O-])OCC[N+](C)(C)C)C(O)CCCCCCCCCCCC. The predicted octanol–water partition coefficient (Wildman–Crippen LogP) is 19.3. The molecule has 3 atom stereocenters. The van der Waals surface area contributed by atoms with Crippen molar-refractivity contribution in [1.82, 2.24) is 5.32 Å². The Morgan fingerprint density at radius 1 is 0.479 bits per heavy atom. The van der Waals surface area contributed by atoms with Crippen LogP contribution in [0, 0.1) is 0 Å². The van der Waals surface area contributed by atoms with Crippen LogP contribution in [-0.2, 0) is 18.4 Å². The molecule has 73 heavy (non-hydrogen) atoms. The Balaban J connectivity index is 3.74. The van der Waals surface area contributed by atoms with E-state index >= 15 is 0 Å². The molecule has 8 nitrogen and oxygen atoms in total. The van der Waals surface area contributed by atoms with Gasteiger partial charge in [0.05, 0.1) is 39.9 Å². The van der Waals surface area contributed by atoms with Crippen LogP contribution in [0.4, 0.5) is 0 Å². The number of hydrogen-bond donors (Lipinski definition) is 2. The van der Waals surface area contributed by atoms with E-state index in [0.717, 1.165) is 44.9 Å². The maximum absolute atomic E-state index is 12.9. The first-order valence-corrected chi connectivity index (χ1v) is 33.6. The summed E-state index contributed by atoms with van der Waals surface area (Å²) in [4.78, 5) is 25.4. The first-order valence-electron chi connectivity index (χ1n) is 32.2. The number of phosphoric ester groups is 1. The number of hydrogen-bond acceptors (Lipinski definition) is 6. The molecular weight excluding hydrogens is 924 g/mol. The Hall–Kier alpha value is -1.02. The van der Waals surface area contributed by atoms with E-state index in [0.29, 0.717) is 23.9 Å². The van der Waals surface area contributed by atoms with Crippen molar-refractivity contribution in [3.63, 3.8) is 0 Å². The molecular formula is C64H127N2O6P. The molecule has 0 aromatic rings. The third kappa shape index (κ3) is 58.5. The normalized spacial score (nSPS) is 13.9. The van der Waals surface area contributed by atoms with Crippen molar-refractivity contribution in [1.29, 1.82) is 0 Å². The van der Waals surface area contributed by atoms with Gasteiger partial charge in [-0.15, -0.1) is 0 Å². The maximum atomic E-state index is 12.9. The number of carbonyl (C=O) groups excluding carboxylic acids is 1. The smallest absolute Gasteiger partial charge is 0.268 e. The summed E-state index contributed by atoms with van der Waals surface area (Å²) in [5.41, 5.74) is 0. The summed E-state index contributed by atoms with van der Waals surface area (Å²) in [5, 5.41) is 13.9. The van der Waals surface area contributed by atoms with Gasteiger partial charge in [0.1, 0.15) is 13.2 Å². The van der Waals surface area contributed by atoms with Gasteiger partial charge in [-0.2, -0.15) is 0 Å². The number of phosphoric acid groups is 1. The van der Waals surface area contributed by atoms with Gasteiger partial charge >= 0.3 is 0 Å². The molecule has 0 saturated heterocycles. The number of nitrogens with one attached hydrogen (secondary N) is 1. The minimum Gasteiger partial charge on any atom is -0.756 e. The zero-order valence-electron chi connectivity index (χ0n) is 49.6. The Morgan fingerprint density at radius 3 is 1.14 bits per heavy atom. The number of unbranched alkanes of at least 4 members (excludes halogenated alkanes) is 43. The monoisotopic (exact) mass is 1050 g/mol. The maximum Gasteiger partial charge on any atom is 0.268 e. The molecule has 3 unspecified atom stereocenters. The number of likely N-dealkylation sites (N-methyl/N-ethyl adjacent to an activating group) is 1. The van der Waals surface area contributed by atoms with Crippen molar-refractivity contribution in [2.75, 3.05) is 40.9 Å². The number of amides is 1. The van der Waals surface area contributed by atoms with E-state index < -0.39 is 20.0 Å². The van der Waals surface area contributed by atoms with Gasteiger partial charge in [0.15, 0.2) is 0 Å². The summed E-state index contributed by atoms with van der Waals surface area (Å²) in [5.74, 6) is -0.160. The Kier molecular flexibility index (Phi) is 54.9. The summed E-state index contributed by atoms with van der Waals surface area (Å²) >= 11 is 0. The van der Waals surface area contributed by atoms with Crippen LogP contribution in [0.1, 0.15) is 328 Å². The molecule has 0 bridgehead atoms. The predicted molar refractivity (Wildman–Crippen MR) is 316 cm³/mol. The Labute approximate surface area is 455 Å². The number of carbonyl (C=O) groups is 1. The highest BCUT2D eigenvalue weighted by molar-refractivity contribution is 7.45. The second kappa shape index (κ2) is 55.7. The summed E-state index contributed by atoms with van der Waals surface area (Å²) in [6, 6.07) is -0.795. The molecule has 0 spiro atoms. The third-order valence-electron chi connectivity index (χ3n) is 14.9. The molecule has 0 aliphatic rings. The average Bonchev–Trinajstić information content (AvgIpc) is 3.35. The van der Waals surface area contributed by atoms with E-state index in [2.05, 4.69) is 43.5 Å². The lowest BCUT2D eigenvalue weighted by Gasteiger charge is -2.30. The van der Waals surface area contributed by atoms with Gasteiger partial charge in [-0.25, -0.2) is 0 Å². The highest BCUT2D eigenvalue weighted by atomic mass is 31.2. The number of quaternary nitrogens is 1. The fraction of sp³-hybridized carbons (Fsp3) is 0.922.